The Labute approximate surface area is 165 Å². The molecule has 0 spiro atoms. The van der Waals surface area contributed by atoms with Gasteiger partial charge in [0.25, 0.3) is 0 Å². The SMILES string of the molecule is CCC(C)(C)c1ccc(OCCN2CCNCC2)c(Cl)c1.O=C(O)C(=O)O. The quantitative estimate of drug-likeness (QED) is 0.631. The van der Waals surface area contributed by atoms with Crippen molar-refractivity contribution in [2.24, 2.45) is 0 Å². The Morgan fingerprint density at radius 1 is 1.22 bits per heavy atom. The molecule has 0 atom stereocenters. The fourth-order valence-corrected chi connectivity index (χ4v) is 2.70. The average molecular weight is 401 g/mol. The second-order valence-electron chi connectivity index (χ2n) is 6.93. The van der Waals surface area contributed by atoms with Crippen molar-refractivity contribution < 1.29 is 24.5 Å². The van der Waals surface area contributed by atoms with Gasteiger partial charge in [-0.3, -0.25) is 4.90 Å². The highest BCUT2D eigenvalue weighted by atomic mass is 35.5. The summed E-state index contributed by atoms with van der Waals surface area (Å²) in [4.78, 5) is 20.6. The number of rotatable bonds is 6. The molecule has 8 heteroatoms. The van der Waals surface area contributed by atoms with Gasteiger partial charge in [-0.05, 0) is 29.5 Å². The predicted octanol–water partition coefficient (Wildman–Crippen LogP) is 2.47. The largest absolute Gasteiger partial charge is 0.491 e. The summed E-state index contributed by atoms with van der Waals surface area (Å²) in [5.74, 6) is -2.85. The highest BCUT2D eigenvalue weighted by Gasteiger charge is 2.19. The van der Waals surface area contributed by atoms with Crippen LogP contribution >= 0.6 is 11.6 Å². The first-order chi connectivity index (χ1) is 12.7. The first-order valence-electron chi connectivity index (χ1n) is 8.99. The van der Waals surface area contributed by atoms with Gasteiger partial charge in [0.1, 0.15) is 12.4 Å². The van der Waals surface area contributed by atoms with Crippen molar-refractivity contribution in [3.05, 3.63) is 28.8 Å². The van der Waals surface area contributed by atoms with E-state index in [0.29, 0.717) is 11.6 Å². The van der Waals surface area contributed by atoms with E-state index in [9.17, 15) is 0 Å². The van der Waals surface area contributed by atoms with Gasteiger partial charge in [-0.25, -0.2) is 9.59 Å². The zero-order chi connectivity index (χ0) is 20.4. The molecular formula is C19H29ClN2O5. The maximum atomic E-state index is 9.10. The van der Waals surface area contributed by atoms with E-state index in [1.54, 1.807) is 0 Å². The van der Waals surface area contributed by atoms with Crippen LogP contribution in [0.25, 0.3) is 0 Å². The molecule has 1 aliphatic heterocycles. The molecule has 1 aromatic carbocycles. The molecule has 0 saturated carbocycles. The Bertz CT molecular complexity index is 619. The van der Waals surface area contributed by atoms with Crippen molar-refractivity contribution in [3.8, 4) is 5.75 Å². The molecule has 1 aromatic rings. The number of carbonyl (C=O) groups is 2. The molecule has 27 heavy (non-hydrogen) atoms. The summed E-state index contributed by atoms with van der Waals surface area (Å²) in [7, 11) is 0. The zero-order valence-corrected chi connectivity index (χ0v) is 16.9. The third kappa shape index (κ3) is 8.15. The van der Waals surface area contributed by atoms with E-state index in [1.807, 2.05) is 12.1 Å². The van der Waals surface area contributed by atoms with Crippen LogP contribution in [0.5, 0.6) is 5.75 Å². The van der Waals surface area contributed by atoms with Crippen molar-refractivity contribution in [3.63, 3.8) is 0 Å². The second kappa shape index (κ2) is 11.1. The number of hydrogen-bond donors (Lipinski definition) is 3. The average Bonchev–Trinajstić information content (AvgIpc) is 2.64. The van der Waals surface area contributed by atoms with Gasteiger partial charge in [0.15, 0.2) is 0 Å². The second-order valence-corrected chi connectivity index (χ2v) is 7.34. The van der Waals surface area contributed by atoms with E-state index in [-0.39, 0.29) is 5.41 Å². The van der Waals surface area contributed by atoms with Gasteiger partial charge < -0.3 is 20.3 Å². The molecule has 3 N–H and O–H groups in total. The standard InChI is InChI=1S/C17H27ClN2O.C2H2O4/c1-4-17(2,3)14-5-6-16(15(18)13-14)21-12-11-20-9-7-19-8-10-20;3-1(4)2(5)6/h5-6,13,19H,4,7-12H2,1-3H3;(H,3,4)(H,5,6). The van der Waals surface area contributed by atoms with Gasteiger partial charge in [-0.2, -0.15) is 0 Å². The molecule has 7 nitrogen and oxygen atoms in total. The fraction of sp³-hybridized carbons (Fsp3) is 0.579. The van der Waals surface area contributed by atoms with Crippen LogP contribution in [-0.4, -0.2) is 66.4 Å². The van der Waals surface area contributed by atoms with E-state index in [4.69, 9.17) is 36.1 Å². The third-order valence-corrected chi connectivity index (χ3v) is 4.95. The summed E-state index contributed by atoms with van der Waals surface area (Å²) in [6, 6.07) is 6.19. The lowest BCUT2D eigenvalue weighted by Gasteiger charge is -2.27. The summed E-state index contributed by atoms with van der Waals surface area (Å²) in [5, 5.41) is 18.9. The Balaban J connectivity index is 0.000000527. The maximum Gasteiger partial charge on any atom is 0.414 e. The number of piperazine rings is 1. The minimum atomic E-state index is -1.82. The Morgan fingerprint density at radius 2 is 1.81 bits per heavy atom. The van der Waals surface area contributed by atoms with Gasteiger partial charge >= 0.3 is 11.9 Å². The molecule has 0 unspecified atom stereocenters. The molecular weight excluding hydrogens is 372 g/mol. The third-order valence-electron chi connectivity index (χ3n) is 4.65. The van der Waals surface area contributed by atoms with Gasteiger partial charge in [0.2, 0.25) is 0 Å². The van der Waals surface area contributed by atoms with Crippen LogP contribution in [0.15, 0.2) is 18.2 Å². The lowest BCUT2D eigenvalue weighted by atomic mass is 9.82. The summed E-state index contributed by atoms with van der Waals surface area (Å²) in [6.45, 7) is 12.7. The van der Waals surface area contributed by atoms with Crippen LogP contribution in [0.2, 0.25) is 5.02 Å². The Kier molecular flexibility index (Phi) is 9.55. The van der Waals surface area contributed by atoms with E-state index in [2.05, 4.69) is 37.1 Å². The minimum absolute atomic E-state index is 0.156. The molecule has 2 rings (SSSR count). The maximum absolute atomic E-state index is 9.10. The first-order valence-corrected chi connectivity index (χ1v) is 9.37. The number of aliphatic carboxylic acids is 2. The molecule has 1 aliphatic rings. The van der Waals surface area contributed by atoms with E-state index in [1.165, 1.54) is 5.56 Å². The van der Waals surface area contributed by atoms with Gasteiger partial charge in [-0.1, -0.05) is 38.4 Å². The van der Waals surface area contributed by atoms with Crippen molar-refractivity contribution in [1.29, 1.82) is 0 Å². The normalized spacial score (nSPS) is 14.8. The smallest absolute Gasteiger partial charge is 0.414 e. The van der Waals surface area contributed by atoms with Crippen molar-refractivity contribution in [2.45, 2.75) is 32.6 Å². The van der Waals surface area contributed by atoms with Crippen LogP contribution in [0.4, 0.5) is 0 Å². The number of halogens is 1. The number of carboxylic acid groups (broad SMARTS) is 2. The van der Waals surface area contributed by atoms with Gasteiger partial charge in [0.05, 0.1) is 5.02 Å². The molecule has 0 aliphatic carbocycles. The number of benzene rings is 1. The van der Waals surface area contributed by atoms with Crippen molar-refractivity contribution in [2.75, 3.05) is 39.3 Å². The van der Waals surface area contributed by atoms with E-state index >= 15 is 0 Å². The van der Waals surface area contributed by atoms with Crippen LogP contribution in [0, 0.1) is 0 Å². The van der Waals surface area contributed by atoms with Crippen LogP contribution in [-0.2, 0) is 15.0 Å². The number of carboxylic acids is 2. The highest BCUT2D eigenvalue weighted by Crippen LogP contribution is 2.33. The zero-order valence-electron chi connectivity index (χ0n) is 16.1. The van der Waals surface area contributed by atoms with Crippen molar-refractivity contribution >= 4 is 23.5 Å². The Morgan fingerprint density at radius 3 is 2.30 bits per heavy atom. The number of nitrogens with one attached hydrogen (secondary N) is 1. The summed E-state index contributed by atoms with van der Waals surface area (Å²) >= 11 is 6.37. The molecule has 0 bridgehead atoms. The number of ether oxygens (including phenoxy) is 1. The molecule has 1 fully saturated rings. The van der Waals surface area contributed by atoms with E-state index in [0.717, 1.165) is 44.9 Å². The topological polar surface area (TPSA) is 99.1 Å². The molecule has 0 aromatic heterocycles. The van der Waals surface area contributed by atoms with Crippen LogP contribution in [0.3, 0.4) is 0 Å². The monoisotopic (exact) mass is 400 g/mol. The molecule has 0 amide bonds. The molecule has 152 valence electrons. The highest BCUT2D eigenvalue weighted by molar-refractivity contribution is 6.32. The summed E-state index contributed by atoms with van der Waals surface area (Å²) < 4.78 is 5.85. The number of hydrogen-bond acceptors (Lipinski definition) is 5. The van der Waals surface area contributed by atoms with Crippen LogP contribution < -0.4 is 10.1 Å². The fourth-order valence-electron chi connectivity index (χ4n) is 2.46. The molecule has 1 saturated heterocycles. The summed E-state index contributed by atoms with van der Waals surface area (Å²) in [6.07, 6.45) is 1.09. The molecule has 0 radical (unpaired) electrons. The lowest BCUT2D eigenvalue weighted by molar-refractivity contribution is -0.159. The Hall–Kier alpha value is -1.83. The summed E-state index contributed by atoms with van der Waals surface area (Å²) in [5.41, 5.74) is 1.42. The predicted molar refractivity (Wildman–Crippen MR) is 105 cm³/mol. The van der Waals surface area contributed by atoms with Crippen molar-refractivity contribution in [1.82, 2.24) is 10.2 Å². The van der Waals surface area contributed by atoms with Crippen LogP contribution in [0.1, 0.15) is 32.8 Å². The minimum Gasteiger partial charge on any atom is -0.491 e. The first kappa shape index (κ1) is 23.2. The van der Waals surface area contributed by atoms with Gasteiger partial charge in [0, 0.05) is 32.7 Å². The number of nitrogens with zero attached hydrogens (tertiary/aromatic N) is 1. The van der Waals surface area contributed by atoms with E-state index < -0.39 is 11.9 Å². The lowest BCUT2D eigenvalue weighted by Crippen LogP contribution is -2.44. The van der Waals surface area contributed by atoms with Gasteiger partial charge in [-0.15, -0.1) is 0 Å². The molecule has 1 heterocycles.